The van der Waals surface area contributed by atoms with E-state index in [0.29, 0.717) is 10.9 Å². The van der Waals surface area contributed by atoms with Crippen molar-refractivity contribution in [1.82, 2.24) is 14.9 Å². The first-order chi connectivity index (χ1) is 9.29. The summed E-state index contributed by atoms with van der Waals surface area (Å²) in [7, 11) is 0. The van der Waals surface area contributed by atoms with Crippen molar-refractivity contribution in [3.63, 3.8) is 0 Å². The van der Waals surface area contributed by atoms with Gasteiger partial charge in [-0.1, -0.05) is 38.5 Å². The average molecular weight is 290 g/mol. The van der Waals surface area contributed by atoms with Crippen LogP contribution >= 0.6 is 11.8 Å². The van der Waals surface area contributed by atoms with Gasteiger partial charge in [0.05, 0.1) is 0 Å². The molecule has 106 valence electrons. The smallest absolute Gasteiger partial charge is 0.295 e. The van der Waals surface area contributed by atoms with E-state index in [1.165, 1.54) is 17.3 Å². The first-order valence-corrected chi connectivity index (χ1v) is 7.10. The minimum Gasteiger partial charge on any atom is -0.334 e. The highest BCUT2D eigenvalue weighted by molar-refractivity contribution is 7.99. The van der Waals surface area contributed by atoms with E-state index in [1.807, 2.05) is 52.0 Å². The molecule has 0 spiro atoms. The molecular weight excluding hydrogens is 272 g/mol. The molecule has 2 rings (SSSR count). The molecule has 0 unspecified atom stereocenters. The minimum atomic E-state index is -0.377. The second-order valence-electron chi connectivity index (χ2n) is 5.67. The molecule has 6 heteroatoms. The average Bonchev–Trinajstić information content (AvgIpc) is 2.36. The van der Waals surface area contributed by atoms with Crippen LogP contribution in [0.4, 0.5) is 0 Å². The Morgan fingerprint density at radius 3 is 2.30 bits per heavy atom. The van der Waals surface area contributed by atoms with E-state index in [0.717, 1.165) is 9.57 Å². The Kier molecular flexibility index (Phi) is 3.85. The number of rotatable bonds is 2. The van der Waals surface area contributed by atoms with E-state index in [-0.39, 0.29) is 11.0 Å². The zero-order chi connectivity index (χ0) is 14.9. The van der Waals surface area contributed by atoms with E-state index in [2.05, 4.69) is 10.2 Å². The number of hydrogen-bond donors (Lipinski definition) is 1. The summed E-state index contributed by atoms with van der Waals surface area (Å²) in [5.41, 5.74) is 0.863. The van der Waals surface area contributed by atoms with Gasteiger partial charge in [-0.15, -0.1) is 10.2 Å². The fourth-order valence-electron chi connectivity index (χ4n) is 1.64. The molecule has 1 aromatic carbocycles. The maximum Gasteiger partial charge on any atom is 0.295 e. The quantitative estimate of drug-likeness (QED) is 0.857. The van der Waals surface area contributed by atoms with Crippen molar-refractivity contribution in [2.45, 2.75) is 43.2 Å². The maximum absolute atomic E-state index is 12.2. The van der Waals surface area contributed by atoms with Gasteiger partial charge in [0.1, 0.15) is 5.69 Å². The van der Waals surface area contributed by atoms with Crippen LogP contribution in [0, 0.1) is 6.92 Å². The Labute approximate surface area is 122 Å². The standard InChI is InChI=1S/C14H18N4OS/c1-9-5-7-10(8-6-9)20-13-17-16-11(14(2,3)4)12(19)18(13)15/h5-8H,15H2,1-4H3. The molecular formula is C14H18N4OS. The van der Waals surface area contributed by atoms with E-state index in [1.54, 1.807) is 0 Å². The van der Waals surface area contributed by atoms with Crippen LogP contribution in [0.3, 0.4) is 0 Å². The third-order valence-corrected chi connectivity index (χ3v) is 3.77. The third-order valence-electron chi connectivity index (χ3n) is 2.80. The zero-order valence-corrected chi connectivity index (χ0v) is 12.9. The van der Waals surface area contributed by atoms with Gasteiger partial charge in [-0.25, -0.2) is 0 Å². The number of nitrogens with zero attached hydrogens (tertiary/aromatic N) is 3. The van der Waals surface area contributed by atoms with Gasteiger partial charge in [0, 0.05) is 10.3 Å². The molecule has 2 N–H and O–H groups in total. The van der Waals surface area contributed by atoms with E-state index >= 15 is 0 Å². The predicted molar refractivity (Wildman–Crippen MR) is 80.4 cm³/mol. The largest absolute Gasteiger partial charge is 0.334 e. The molecule has 0 aliphatic rings. The lowest BCUT2D eigenvalue weighted by atomic mass is 9.93. The Morgan fingerprint density at radius 2 is 1.75 bits per heavy atom. The predicted octanol–water partition coefficient (Wildman–Crippen LogP) is 2.11. The molecule has 0 saturated carbocycles. The molecule has 1 heterocycles. The van der Waals surface area contributed by atoms with E-state index < -0.39 is 0 Å². The molecule has 0 radical (unpaired) electrons. The summed E-state index contributed by atoms with van der Waals surface area (Å²) in [6.07, 6.45) is 0. The van der Waals surface area contributed by atoms with Gasteiger partial charge in [0.2, 0.25) is 5.16 Å². The highest BCUT2D eigenvalue weighted by Gasteiger charge is 2.22. The van der Waals surface area contributed by atoms with Crippen LogP contribution in [0.2, 0.25) is 0 Å². The molecule has 20 heavy (non-hydrogen) atoms. The van der Waals surface area contributed by atoms with Gasteiger partial charge >= 0.3 is 0 Å². The summed E-state index contributed by atoms with van der Waals surface area (Å²) in [6.45, 7) is 7.74. The lowest BCUT2D eigenvalue weighted by molar-refractivity contribution is 0.520. The summed E-state index contributed by atoms with van der Waals surface area (Å²) >= 11 is 1.32. The summed E-state index contributed by atoms with van der Waals surface area (Å²) in [5, 5.41) is 8.50. The molecule has 0 fully saturated rings. The van der Waals surface area contributed by atoms with Gasteiger partial charge < -0.3 is 5.84 Å². The van der Waals surface area contributed by atoms with Crippen molar-refractivity contribution in [3.8, 4) is 0 Å². The number of aryl methyl sites for hydroxylation is 1. The molecule has 5 nitrogen and oxygen atoms in total. The summed E-state index contributed by atoms with van der Waals surface area (Å²) in [5.74, 6) is 5.84. The van der Waals surface area contributed by atoms with Gasteiger partial charge in [-0.2, -0.15) is 4.68 Å². The van der Waals surface area contributed by atoms with Crippen LogP contribution in [0.1, 0.15) is 32.0 Å². The van der Waals surface area contributed by atoms with Crippen molar-refractivity contribution in [2.75, 3.05) is 5.84 Å². The molecule has 0 aliphatic heterocycles. The van der Waals surface area contributed by atoms with Gasteiger partial charge in [0.15, 0.2) is 0 Å². The second kappa shape index (κ2) is 5.28. The molecule has 0 saturated heterocycles. The molecule has 2 aromatic rings. The fourth-order valence-corrected chi connectivity index (χ4v) is 2.38. The number of benzene rings is 1. The highest BCUT2D eigenvalue weighted by atomic mass is 32.2. The molecule has 0 atom stereocenters. The number of hydrogen-bond acceptors (Lipinski definition) is 5. The lowest BCUT2D eigenvalue weighted by Gasteiger charge is -2.17. The van der Waals surface area contributed by atoms with E-state index in [9.17, 15) is 4.79 Å². The third kappa shape index (κ3) is 3.01. The topological polar surface area (TPSA) is 73.8 Å². The first kappa shape index (κ1) is 14.6. The van der Waals surface area contributed by atoms with Crippen LogP contribution in [0.5, 0.6) is 0 Å². The van der Waals surface area contributed by atoms with Crippen LogP contribution in [-0.2, 0) is 5.41 Å². The normalized spacial score (nSPS) is 11.6. The van der Waals surface area contributed by atoms with Crippen molar-refractivity contribution in [3.05, 3.63) is 45.9 Å². The fraction of sp³-hybridized carbons (Fsp3) is 0.357. The summed E-state index contributed by atoms with van der Waals surface area (Å²) in [6, 6.07) is 7.92. The van der Waals surface area contributed by atoms with Gasteiger partial charge in [-0.05, 0) is 30.8 Å². The number of nitrogens with two attached hydrogens (primary N) is 1. The first-order valence-electron chi connectivity index (χ1n) is 6.29. The highest BCUT2D eigenvalue weighted by Crippen LogP contribution is 2.25. The molecule has 0 amide bonds. The van der Waals surface area contributed by atoms with Crippen molar-refractivity contribution in [1.29, 1.82) is 0 Å². The van der Waals surface area contributed by atoms with Crippen LogP contribution in [-0.4, -0.2) is 14.9 Å². The van der Waals surface area contributed by atoms with E-state index in [4.69, 9.17) is 5.84 Å². The Bertz CT molecular complexity index is 671. The number of nitrogen functional groups attached to an aromatic ring is 1. The Balaban J connectivity index is 2.37. The molecule has 0 aliphatic carbocycles. The molecule has 0 bridgehead atoms. The number of aromatic nitrogens is 3. The monoisotopic (exact) mass is 290 g/mol. The van der Waals surface area contributed by atoms with Crippen LogP contribution < -0.4 is 11.4 Å². The van der Waals surface area contributed by atoms with Crippen molar-refractivity contribution < 1.29 is 0 Å². The minimum absolute atomic E-state index is 0.304. The van der Waals surface area contributed by atoms with Crippen LogP contribution in [0.15, 0.2) is 39.1 Å². The Hall–Kier alpha value is -1.82. The zero-order valence-electron chi connectivity index (χ0n) is 12.0. The maximum atomic E-state index is 12.2. The van der Waals surface area contributed by atoms with Crippen molar-refractivity contribution >= 4 is 11.8 Å². The molecule has 1 aromatic heterocycles. The lowest BCUT2D eigenvalue weighted by Crippen LogP contribution is -2.37. The SMILES string of the molecule is Cc1ccc(Sc2nnc(C(C)(C)C)c(=O)n2N)cc1. The van der Waals surface area contributed by atoms with Gasteiger partial charge in [0.25, 0.3) is 5.56 Å². The van der Waals surface area contributed by atoms with Gasteiger partial charge in [-0.3, -0.25) is 4.79 Å². The summed E-state index contributed by atoms with van der Waals surface area (Å²) in [4.78, 5) is 13.2. The second-order valence-corrected chi connectivity index (χ2v) is 6.71. The Morgan fingerprint density at radius 1 is 1.15 bits per heavy atom. The van der Waals surface area contributed by atoms with Crippen LogP contribution in [0.25, 0.3) is 0 Å². The van der Waals surface area contributed by atoms with Crippen molar-refractivity contribution in [2.24, 2.45) is 0 Å². The summed E-state index contributed by atoms with van der Waals surface area (Å²) < 4.78 is 1.07.